The SMILES string of the molecule is Cc1ccc(NC(=O)N2CCCC2C(=O)O)c(C)c1. The number of aryl methyl sites for hydroxylation is 2. The Labute approximate surface area is 112 Å². The highest BCUT2D eigenvalue weighted by atomic mass is 16.4. The van der Waals surface area contributed by atoms with Gasteiger partial charge in [0.15, 0.2) is 0 Å². The Kier molecular flexibility index (Phi) is 3.74. The third kappa shape index (κ3) is 2.86. The highest BCUT2D eigenvalue weighted by Crippen LogP contribution is 2.21. The van der Waals surface area contributed by atoms with Crippen LogP contribution in [0.2, 0.25) is 0 Å². The molecule has 1 atom stereocenters. The summed E-state index contributed by atoms with van der Waals surface area (Å²) in [7, 11) is 0. The van der Waals surface area contributed by atoms with Crippen LogP contribution in [0.1, 0.15) is 24.0 Å². The number of hydrogen-bond donors (Lipinski definition) is 2. The van der Waals surface area contributed by atoms with Crippen LogP contribution in [0.25, 0.3) is 0 Å². The van der Waals surface area contributed by atoms with Gasteiger partial charge in [0.25, 0.3) is 0 Å². The zero-order valence-electron chi connectivity index (χ0n) is 11.1. The van der Waals surface area contributed by atoms with E-state index < -0.39 is 12.0 Å². The van der Waals surface area contributed by atoms with E-state index in [9.17, 15) is 9.59 Å². The minimum absolute atomic E-state index is 0.336. The van der Waals surface area contributed by atoms with Crippen LogP contribution in [0.5, 0.6) is 0 Å². The maximum absolute atomic E-state index is 12.1. The summed E-state index contributed by atoms with van der Waals surface area (Å²) in [5.74, 6) is -0.937. The molecule has 0 bridgehead atoms. The molecule has 0 aromatic heterocycles. The van der Waals surface area contributed by atoms with Gasteiger partial charge in [-0.1, -0.05) is 17.7 Å². The second kappa shape index (κ2) is 5.30. The fraction of sp³-hybridized carbons (Fsp3) is 0.429. The van der Waals surface area contributed by atoms with Crippen molar-refractivity contribution >= 4 is 17.7 Å². The Morgan fingerprint density at radius 1 is 1.37 bits per heavy atom. The number of carbonyl (C=O) groups excluding carboxylic acids is 1. The van der Waals surface area contributed by atoms with Crippen LogP contribution in [-0.2, 0) is 4.79 Å². The van der Waals surface area contributed by atoms with Crippen LogP contribution in [0, 0.1) is 13.8 Å². The molecule has 2 amide bonds. The maximum atomic E-state index is 12.1. The van der Waals surface area contributed by atoms with Crippen LogP contribution in [0.4, 0.5) is 10.5 Å². The predicted molar refractivity (Wildman–Crippen MR) is 72.3 cm³/mol. The number of carboxylic acid groups (broad SMARTS) is 1. The summed E-state index contributed by atoms with van der Waals surface area (Å²) in [4.78, 5) is 24.6. The van der Waals surface area contributed by atoms with E-state index in [2.05, 4.69) is 5.32 Å². The summed E-state index contributed by atoms with van der Waals surface area (Å²) >= 11 is 0. The van der Waals surface area contributed by atoms with Crippen LogP contribution in [0.15, 0.2) is 18.2 Å². The largest absolute Gasteiger partial charge is 0.480 e. The number of amides is 2. The number of nitrogens with zero attached hydrogens (tertiary/aromatic N) is 1. The number of carboxylic acids is 1. The minimum atomic E-state index is -0.937. The molecule has 1 aliphatic rings. The molecule has 0 aliphatic carbocycles. The van der Waals surface area contributed by atoms with E-state index in [1.54, 1.807) is 0 Å². The highest BCUT2D eigenvalue weighted by Gasteiger charge is 2.34. The number of rotatable bonds is 2. The number of anilines is 1. The molecule has 0 spiro atoms. The average molecular weight is 262 g/mol. The van der Waals surface area contributed by atoms with Gasteiger partial charge in [-0.2, -0.15) is 0 Å². The van der Waals surface area contributed by atoms with Crippen molar-refractivity contribution in [2.45, 2.75) is 32.7 Å². The van der Waals surface area contributed by atoms with Crippen molar-refractivity contribution in [2.75, 3.05) is 11.9 Å². The van der Waals surface area contributed by atoms with Gasteiger partial charge in [-0.25, -0.2) is 9.59 Å². The monoisotopic (exact) mass is 262 g/mol. The van der Waals surface area contributed by atoms with E-state index in [0.717, 1.165) is 23.2 Å². The Bertz CT molecular complexity index is 513. The molecule has 19 heavy (non-hydrogen) atoms. The molecular formula is C14H18N2O3. The molecule has 2 N–H and O–H groups in total. The maximum Gasteiger partial charge on any atom is 0.326 e. The molecule has 1 unspecified atom stereocenters. The molecule has 1 heterocycles. The lowest BCUT2D eigenvalue weighted by molar-refractivity contribution is -0.141. The highest BCUT2D eigenvalue weighted by molar-refractivity contribution is 5.93. The summed E-state index contributed by atoms with van der Waals surface area (Å²) in [6.07, 6.45) is 1.26. The van der Waals surface area contributed by atoms with Crippen molar-refractivity contribution < 1.29 is 14.7 Å². The summed E-state index contributed by atoms with van der Waals surface area (Å²) in [5, 5.41) is 11.9. The normalized spacial score (nSPS) is 18.4. The van der Waals surface area contributed by atoms with Gasteiger partial charge < -0.3 is 15.3 Å². The van der Waals surface area contributed by atoms with Crippen molar-refractivity contribution in [2.24, 2.45) is 0 Å². The number of urea groups is 1. The zero-order valence-corrected chi connectivity index (χ0v) is 11.1. The molecule has 5 heteroatoms. The molecule has 1 fully saturated rings. The number of likely N-dealkylation sites (tertiary alicyclic amines) is 1. The van der Waals surface area contributed by atoms with Crippen molar-refractivity contribution in [3.63, 3.8) is 0 Å². The molecule has 1 aliphatic heterocycles. The molecule has 2 rings (SSSR count). The van der Waals surface area contributed by atoms with E-state index in [4.69, 9.17) is 5.11 Å². The second-order valence-electron chi connectivity index (χ2n) is 4.94. The third-order valence-electron chi connectivity index (χ3n) is 3.42. The lowest BCUT2D eigenvalue weighted by Crippen LogP contribution is -2.42. The van der Waals surface area contributed by atoms with E-state index in [-0.39, 0.29) is 6.03 Å². The Balaban J connectivity index is 2.10. The number of aliphatic carboxylic acids is 1. The number of nitrogens with one attached hydrogen (secondary N) is 1. The number of benzene rings is 1. The summed E-state index contributed by atoms with van der Waals surface area (Å²) in [5.41, 5.74) is 2.83. The molecule has 1 aromatic carbocycles. The van der Waals surface area contributed by atoms with Gasteiger partial charge in [0.05, 0.1) is 0 Å². The Hall–Kier alpha value is -2.04. The van der Waals surface area contributed by atoms with Crippen LogP contribution in [-0.4, -0.2) is 34.6 Å². The topological polar surface area (TPSA) is 69.6 Å². The van der Waals surface area contributed by atoms with E-state index in [0.29, 0.717) is 13.0 Å². The first-order valence-electron chi connectivity index (χ1n) is 6.36. The molecular weight excluding hydrogens is 244 g/mol. The quantitative estimate of drug-likeness (QED) is 0.859. The first-order valence-corrected chi connectivity index (χ1v) is 6.36. The van der Waals surface area contributed by atoms with Crippen LogP contribution >= 0.6 is 0 Å². The molecule has 0 saturated carbocycles. The van der Waals surface area contributed by atoms with Crippen LogP contribution in [0.3, 0.4) is 0 Å². The van der Waals surface area contributed by atoms with Crippen LogP contribution < -0.4 is 5.32 Å². The van der Waals surface area contributed by atoms with Gasteiger partial charge in [0.1, 0.15) is 6.04 Å². The van der Waals surface area contributed by atoms with Crippen molar-refractivity contribution in [3.05, 3.63) is 29.3 Å². The van der Waals surface area contributed by atoms with E-state index in [1.165, 1.54) is 4.90 Å². The molecule has 0 radical (unpaired) electrons. The van der Waals surface area contributed by atoms with Gasteiger partial charge >= 0.3 is 12.0 Å². The lowest BCUT2D eigenvalue weighted by atomic mass is 10.1. The Morgan fingerprint density at radius 2 is 2.11 bits per heavy atom. The van der Waals surface area contributed by atoms with Gasteiger partial charge in [0.2, 0.25) is 0 Å². The standard InChI is InChI=1S/C14H18N2O3/c1-9-5-6-11(10(2)8-9)15-14(19)16-7-3-4-12(16)13(17)18/h5-6,8,12H,3-4,7H2,1-2H3,(H,15,19)(H,17,18). The zero-order chi connectivity index (χ0) is 14.0. The number of hydrogen-bond acceptors (Lipinski definition) is 2. The first kappa shape index (κ1) is 13.4. The number of carbonyl (C=O) groups is 2. The summed E-state index contributed by atoms with van der Waals surface area (Å²) < 4.78 is 0. The predicted octanol–water partition coefficient (Wildman–Crippen LogP) is 2.38. The fourth-order valence-corrected chi connectivity index (χ4v) is 2.41. The van der Waals surface area contributed by atoms with E-state index in [1.807, 2.05) is 32.0 Å². The molecule has 102 valence electrons. The van der Waals surface area contributed by atoms with Gasteiger partial charge in [-0.05, 0) is 38.3 Å². The first-order chi connectivity index (χ1) is 8.99. The summed E-state index contributed by atoms with van der Waals surface area (Å²) in [6.45, 7) is 4.40. The molecule has 1 aromatic rings. The van der Waals surface area contributed by atoms with Gasteiger partial charge in [-0.15, -0.1) is 0 Å². The average Bonchev–Trinajstić information content (AvgIpc) is 2.82. The third-order valence-corrected chi connectivity index (χ3v) is 3.42. The van der Waals surface area contributed by atoms with Crippen molar-refractivity contribution in [3.8, 4) is 0 Å². The van der Waals surface area contributed by atoms with E-state index >= 15 is 0 Å². The van der Waals surface area contributed by atoms with Crippen molar-refractivity contribution in [1.82, 2.24) is 4.90 Å². The summed E-state index contributed by atoms with van der Waals surface area (Å²) in [6, 6.07) is 4.70. The smallest absolute Gasteiger partial charge is 0.326 e. The Morgan fingerprint density at radius 3 is 2.74 bits per heavy atom. The van der Waals surface area contributed by atoms with Gasteiger partial charge in [-0.3, -0.25) is 0 Å². The molecule has 1 saturated heterocycles. The van der Waals surface area contributed by atoms with Crippen molar-refractivity contribution in [1.29, 1.82) is 0 Å². The molecule has 5 nitrogen and oxygen atoms in total. The van der Waals surface area contributed by atoms with Gasteiger partial charge in [0, 0.05) is 12.2 Å². The second-order valence-corrected chi connectivity index (χ2v) is 4.94. The minimum Gasteiger partial charge on any atom is -0.480 e. The fourth-order valence-electron chi connectivity index (χ4n) is 2.41. The lowest BCUT2D eigenvalue weighted by Gasteiger charge is -2.22.